The van der Waals surface area contributed by atoms with E-state index in [2.05, 4.69) is 13.8 Å². The number of benzene rings is 1. The molecule has 0 aliphatic heterocycles. The lowest BCUT2D eigenvalue weighted by Crippen LogP contribution is -2.27. The van der Waals surface area contributed by atoms with Crippen molar-refractivity contribution >= 4 is 5.78 Å². The lowest BCUT2D eigenvalue weighted by atomic mass is 9.75. The summed E-state index contributed by atoms with van der Waals surface area (Å²) in [4.78, 5) is 16.9. The van der Waals surface area contributed by atoms with Gasteiger partial charge in [-0.3, -0.25) is 9.78 Å². The number of nitrogens with zero attached hydrogens (tertiary/aromatic N) is 1. The molecule has 0 spiro atoms. The molecule has 2 aromatic rings. The van der Waals surface area contributed by atoms with E-state index in [0.717, 1.165) is 34.7 Å². The fourth-order valence-corrected chi connectivity index (χ4v) is 2.94. The quantitative estimate of drug-likeness (QED) is 0.837. The van der Waals surface area contributed by atoms with Crippen LogP contribution in [0.15, 0.2) is 36.4 Å². The van der Waals surface area contributed by atoms with E-state index in [1.807, 2.05) is 36.4 Å². The molecule has 0 unspecified atom stereocenters. The minimum Gasteiger partial charge on any atom is -0.496 e. The Morgan fingerprint density at radius 1 is 1.05 bits per heavy atom. The van der Waals surface area contributed by atoms with Crippen molar-refractivity contribution in [1.29, 1.82) is 0 Å². The zero-order valence-electron chi connectivity index (χ0n) is 12.6. The van der Waals surface area contributed by atoms with E-state index in [-0.39, 0.29) is 11.2 Å². The second-order valence-electron chi connectivity index (χ2n) is 6.33. The Bertz CT molecular complexity index is 704. The Hall–Kier alpha value is -2.16. The van der Waals surface area contributed by atoms with Crippen LogP contribution in [0.5, 0.6) is 5.75 Å². The summed E-state index contributed by atoms with van der Waals surface area (Å²) in [6.07, 6.45) is 1.42. The summed E-state index contributed by atoms with van der Waals surface area (Å²) >= 11 is 0. The molecule has 1 aromatic heterocycles. The second-order valence-corrected chi connectivity index (χ2v) is 6.33. The third-order valence-corrected chi connectivity index (χ3v) is 3.94. The minimum atomic E-state index is -0.0174. The maximum absolute atomic E-state index is 12.2. The molecule has 3 heteroatoms. The first-order valence-corrected chi connectivity index (χ1v) is 7.17. The van der Waals surface area contributed by atoms with Gasteiger partial charge in [0.15, 0.2) is 5.78 Å². The van der Waals surface area contributed by atoms with Crippen molar-refractivity contribution < 1.29 is 9.53 Å². The SMILES string of the molecule is COc1ccccc1-c1ccc2c(n1)CC(C)(C)CC2=O. The minimum absolute atomic E-state index is 0.0174. The summed E-state index contributed by atoms with van der Waals surface area (Å²) in [7, 11) is 1.66. The largest absolute Gasteiger partial charge is 0.496 e. The molecule has 0 amide bonds. The third-order valence-electron chi connectivity index (χ3n) is 3.94. The molecule has 0 saturated heterocycles. The zero-order valence-corrected chi connectivity index (χ0v) is 12.6. The number of hydrogen-bond acceptors (Lipinski definition) is 3. The van der Waals surface area contributed by atoms with Gasteiger partial charge in [-0.2, -0.15) is 0 Å². The molecule has 3 rings (SSSR count). The predicted octanol–water partition coefficient (Wildman–Crippen LogP) is 3.91. The first-order valence-electron chi connectivity index (χ1n) is 7.17. The average molecular weight is 281 g/mol. The molecule has 1 aromatic carbocycles. The van der Waals surface area contributed by atoms with Gasteiger partial charge < -0.3 is 4.74 Å². The van der Waals surface area contributed by atoms with Gasteiger partial charge in [-0.25, -0.2) is 0 Å². The molecule has 0 N–H and O–H groups in total. The average Bonchev–Trinajstić information content (AvgIpc) is 2.45. The molecule has 0 saturated carbocycles. The van der Waals surface area contributed by atoms with Crippen molar-refractivity contribution in [2.75, 3.05) is 7.11 Å². The molecule has 0 fully saturated rings. The number of hydrogen-bond donors (Lipinski definition) is 0. The molecular weight excluding hydrogens is 262 g/mol. The standard InChI is InChI=1S/C18H19NO2/c1-18(2)10-15-12(16(20)11-18)8-9-14(19-15)13-6-4-5-7-17(13)21-3/h4-9H,10-11H2,1-3H3. The van der Waals surface area contributed by atoms with Crippen molar-refractivity contribution in [2.45, 2.75) is 26.7 Å². The summed E-state index contributed by atoms with van der Waals surface area (Å²) < 4.78 is 5.40. The van der Waals surface area contributed by atoms with Crippen LogP contribution in [-0.2, 0) is 6.42 Å². The predicted molar refractivity (Wildman–Crippen MR) is 82.7 cm³/mol. The molecular formula is C18H19NO2. The second kappa shape index (κ2) is 4.99. The molecule has 0 radical (unpaired) electrons. The first-order chi connectivity index (χ1) is 10.00. The summed E-state index contributed by atoms with van der Waals surface area (Å²) in [6.45, 7) is 4.23. The van der Waals surface area contributed by atoms with Gasteiger partial charge in [0.05, 0.1) is 18.5 Å². The smallest absolute Gasteiger partial charge is 0.165 e. The van der Waals surface area contributed by atoms with Crippen LogP contribution >= 0.6 is 0 Å². The maximum atomic E-state index is 12.2. The number of ether oxygens (including phenoxy) is 1. The Morgan fingerprint density at radius 2 is 1.81 bits per heavy atom. The number of pyridine rings is 1. The Kier molecular flexibility index (Phi) is 3.28. The van der Waals surface area contributed by atoms with Crippen molar-refractivity contribution in [3.8, 4) is 17.0 Å². The van der Waals surface area contributed by atoms with Crippen molar-refractivity contribution in [2.24, 2.45) is 5.41 Å². The number of rotatable bonds is 2. The number of carbonyl (C=O) groups is 1. The number of ketones is 1. The summed E-state index contributed by atoms with van der Waals surface area (Å²) in [5.41, 5.74) is 3.47. The van der Waals surface area contributed by atoms with Gasteiger partial charge in [-0.05, 0) is 36.1 Å². The van der Waals surface area contributed by atoms with Gasteiger partial charge in [-0.15, -0.1) is 0 Å². The maximum Gasteiger partial charge on any atom is 0.165 e. The van der Waals surface area contributed by atoms with Crippen LogP contribution in [-0.4, -0.2) is 17.9 Å². The Morgan fingerprint density at radius 3 is 2.57 bits per heavy atom. The summed E-state index contributed by atoms with van der Waals surface area (Å²) in [6, 6.07) is 11.6. The van der Waals surface area contributed by atoms with E-state index in [1.54, 1.807) is 7.11 Å². The third kappa shape index (κ3) is 2.56. The lowest BCUT2D eigenvalue weighted by Gasteiger charge is -2.29. The van der Waals surface area contributed by atoms with Crippen LogP contribution in [0.3, 0.4) is 0 Å². The molecule has 1 aliphatic rings. The number of carbonyl (C=O) groups excluding carboxylic acids is 1. The summed E-state index contributed by atoms with van der Waals surface area (Å²) in [5.74, 6) is 0.992. The van der Waals surface area contributed by atoms with Crippen LogP contribution in [0.4, 0.5) is 0 Å². The highest BCUT2D eigenvalue weighted by molar-refractivity contribution is 5.98. The van der Waals surface area contributed by atoms with E-state index in [4.69, 9.17) is 9.72 Å². The Balaban J connectivity index is 2.10. The van der Waals surface area contributed by atoms with Crippen LogP contribution < -0.4 is 4.74 Å². The molecule has 0 bridgehead atoms. The van der Waals surface area contributed by atoms with Gasteiger partial charge in [0, 0.05) is 17.5 Å². The highest BCUT2D eigenvalue weighted by Gasteiger charge is 2.32. The zero-order chi connectivity index (χ0) is 15.0. The highest BCUT2D eigenvalue weighted by atomic mass is 16.5. The van der Waals surface area contributed by atoms with E-state index in [1.165, 1.54) is 0 Å². The number of methoxy groups -OCH3 is 1. The van der Waals surface area contributed by atoms with Gasteiger partial charge in [-0.1, -0.05) is 26.0 Å². The normalized spacial score (nSPS) is 16.4. The number of Topliss-reactive ketones (excluding diaryl/α,β-unsaturated/α-hetero) is 1. The lowest BCUT2D eigenvalue weighted by molar-refractivity contribution is 0.0910. The molecule has 3 nitrogen and oxygen atoms in total. The molecule has 1 aliphatic carbocycles. The Labute approximate surface area is 125 Å². The topological polar surface area (TPSA) is 39.2 Å². The van der Waals surface area contributed by atoms with E-state index in [9.17, 15) is 4.79 Å². The molecule has 0 atom stereocenters. The molecule has 21 heavy (non-hydrogen) atoms. The van der Waals surface area contributed by atoms with Crippen LogP contribution in [0, 0.1) is 5.41 Å². The van der Waals surface area contributed by atoms with Crippen LogP contribution in [0.25, 0.3) is 11.3 Å². The van der Waals surface area contributed by atoms with Crippen LogP contribution in [0.1, 0.15) is 36.3 Å². The molecule has 1 heterocycles. The highest BCUT2D eigenvalue weighted by Crippen LogP contribution is 2.36. The van der Waals surface area contributed by atoms with Gasteiger partial charge in [0.25, 0.3) is 0 Å². The van der Waals surface area contributed by atoms with E-state index >= 15 is 0 Å². The first kappa shape index (κ1) is 13.8. The van der Waals surface area contributed by atoms with Crippen molar-refractivity contribution in [3.05, 3.63) is 47.7 Å². The fourth-order valence-electron chi connectivity index (χ4n) is 2.94. The van der Waals surface area contributed by atoms with Crippen molar-refractivity contribution in [1.82, 2.24) is 4.98 Å². The fraction of sp³-hybridized carbons (Fsp3) is 0.333. The summed E-state index contributed by atoms with van der Waals surface area (Å²) in [5, 5.41) is 0. The monoisotopic (exact) mass is 281 g/mol. The number of fused-ring (bicyclic) bond motifs is 1. The number of para-hydroxylation sites is 1. The number of aromatic nitrogens is 1. The van der Waals surface area contributed by atoms with E-state index < -0.39 is 0 Å². The van der Waals surface area contributed by atoms with Gasteiger partial charge in [0.1, 0.15) is 5.75 Å². The van der Waals surface area contributed by atoms with Gasteiger partial charge >= 0.3 is 0 Å². The van der Waals surface area contributed by atoms with E-state index in [0.29, 0.717) is 6.42 Å². The van der Waals surface area contributed by atoms with Crippen molar-refractivity contribution in [3.63, 3.8) is 0 Å². The molecule has 108 valence electrons. The van der Waals surface area contributed by atoms with Crippen LogP contribution in [0.2, 0.25) is 0 Å². The van der Waals surface area contributed by atoms with Gasteiger partial charge in [0.2, 0.25) is 0 Å².